The molecule has 0 aliphatic carbocycles. The van der Waals surface area contributed by atoms with E-state index < -0.39 is 17.9 Å². The molecule has 1 aromatic heterocycles. The third kappa shape index (κ3) is 3.44. The normalized spacial score (nSPS) is 11.8. The van der Waals surface area contributed by atoms with Crippen LogP contribution in [0.3, 0.4) is 0 Å². The summed E-state index contributed by atoms with van der Waals surface area (Å²) in [6, 6.07) is 8.21. The van der Waals surface area contributed by atoms with E-state index in [1.54, 1.807) is 6.07 Å². The van der Waals surface area contributed by atoms with Crippen molar-refractivity contribution in [2.24, 2.45) is 0 Å². The highest BCUT2D eigenvalue weighted by Gasteiger charge is 2.19. The number of rotatable bonds is 5. The fourth-order valence-corrected chi connectivity index (χ4v) is 1.73. The van der Waals surface area contributed by atoms with Gasteiger partial charge in [0, 0.05) is 12.3 Å². The fourth-order valence-electron chi connectivity index (χ4n) is 1.73. The molecule has 104 valence electrons. The standard InChI is InChI=1S/C14H14N2O4/c1-9(17)16-13(14(18)19)8-20-11-6-10-4-2-3-5-12(10)15-7-11/h2-7,13H,8H2,1H3,(H,16,17)(H,18,19). The minimum Gasteiger partial charge on any atom is -0.489 e. The largest absolute Gasteiger partial charge is 0.489 e. The van der Waals surface area contributed by atoms with Crippen LogP contribution in [0, 0.1) is 0 Å². The van der Waals surface area contributed by atoms with Crippen LogP contribution in [0.5, 0.6) is 5.75 Å². The van der Waals surface area contributed by atoms with E-state index in [2.05, 4.69) is 10.3 Å². The predicted octanol–water partition coefficient (Wildman–Crippen LogP) is 1.20. The maximum Gasteiger partial charge on any atom is 0.329 e. The smallest absolute Gasteiger partial charge is 0.329 e. The van der Waals surface area contributed by atoms with Gasteiger partial charge in [0.2, 0.25) is 5.91 Å². The van der Waals surface area contributed by atoms with Crippen LogP contribution >= 0.6 is 0 Å². The van der Waals surface area contributed by atoms with Gasteiger partial charge in [0.25, 0.3) is 0 Å². The number of fused-ring (bicyclic) bond motifs is 1. The summed E-state index contributed by atoms with van der Waals surface area (Å²) in [5, 5.41) is 12.2. The Balaban J connectivity index is 2.07. The summed E-state index contributed by atoms with van der Waals surface area (Å²) in [5.41, 5.74) is 0.830. The molecule has 6 heteroatoms. The number of para-hydroxylation sites is 1. The van der Waals surface area contributed by atoms with Gasteiger partial charge in [-0.3, -0.25) is 9.78 Å². The zero-order valence-corrected chi connectivity index (χ0v) is 10.9. The molecule has 0 radical (unpaired) electrons. The van der Waals surface area contributed by atoms with Crippen LogP contribution < -0.4 is 10.1 Å². The van der Waals surface area contributed by atoms with Gasteiger partial charge in [-0.2, -0.15) is 0 Å². The van der Waals surface area contributed by atoms with Gasteiger partial charge in [-0.25, -0.2) is 4.79 Å². The summed E-state index contributed by atoms with van der Waals surface area (Å²) < 4.78 is 5.38. The third-order valence-corrected chi connectivity index (χ3v) is 2.66. The van der Waals surface area contributed by atoms with Crippen LogP contribution in [0.15, 0.2) is 36.5 Å². The zero-order chi connectivity index (χ0) is 14.5. The van der Waals surface area contributed by atoms with E-state index in [4.69, 9.17) is 9.84 Å². The second-order valence-corrected chi connectivity index (χ2v) is 4.27. The summed E-state index contributed by atoms with van der Waals surface area (Å²) >= 11 is 0. The van der Waals surface area contributed by atoms with E-state index >= 15 is 0 Å². The minimum atomic E-state index is -1.14. The van der Waals surface area contributed by atoms with Gasteiger partial charge in [0.05, 0.1) is 11.7 Å². The Morgan fingerprint density at radius 2 is 2.15 bits per heavy atom. The van der Waals surface area contributed by atoms with Crippen LogP contribution in [0.25, 0.3) is 10.9 Å². The molecular weight excluding hydrogens is 260 g/mol. The molecule has 1 atom stereocenters. The number of benzene rings is 1. The first-order chi connectivity index (χ1) is 9.56. The summed E-state index contributed by atoms with van der Waals surface area (Å²) in [4.78, 5) is 26.1. The number of carbonyl (C=O) groups excluding carboxylic acids is 1. The van der Waals surface area contributed by atoms with Crippen LogP contribution in [0.2, 0.25) is 0 Å². The molecule has 2 N–H and O–H groups in total. The fraction of sp³-hybridized carbons (Fsp3) is 0.214. The number of ether oxygens (including phenoxy) is 1. The number of nitrogens with zero attached hydrogens (tertiary/aromatic N) is 1. The van der Waals surface area contributed by atoms with Crippen LogP contribution in [-0.4, -0.2) is 34.6 Å². The lowest BCUT2D eigenvalue weighted by Crippen LogP contribution is -2.43. The highest BCUT2D eigenvalue weighted by molar-refractivity contribution is 5.82. The number of carboxylic acid groups (broad SMARTS) is 1. The van der Waals surface area contributed by atoms with Gasteiger partial charge in [-0.05, 0) is 12.1 Å². The van der Waals surface area contributed by atoms with Crippen molar-refractivity contribution < 1.29 is 19.4 Å². The number of hydrogen-bond donors (Lipinski definition) is 2. The van der Waals surface area contributed by atoms with E-state index in [1.807, 2.05) is 24.3 Å². The van der Waals surface area contributed by atoms with Crippen molar-refractivity contribution in [3.05, 3.63) is 36.5 Å². The molecule has 0 saturated carbocycles. The SMILES string of the molecule is CC(=O)NC(COc1cnc2ccccc2c1)C(=O)O. The van der Waals surface area contributed by atoms with E-state index in [-0.39, 0.29) is 6.61 Å². The molecule has 1 amide bonds. The summed E-state index contributed by atoms with van der Waals surface area (Å²) in [7, 11) is 0. The Morgan fingerprint density at radius 1 is 1.40 bits per heavy atom. The molecule has 20 heavy (non-hydrogen) atoms. The number of hydrogen-bond acceptors (Lipinski definition) is 4. The van der Waals surface area contributed by atoms with Gasteiger partial charge >= 0.3 is 5.97 Å². The maximum absolute atomic E-state index is 11.0. The lowest BCUT2D eigenvalue weighted by molar-refractivity contribution is -0.142. The number of carbonyl (C=O) groups is 2. The van der Waals surface area contributed by atoms with Crippen LogP contribution in [0.1, 0.15) is 6.92 Å². The summed E-state index contributed by atoms with van der Waals surface area (Å²) in [6.07, 6.45) is 1.52. The average molecular weight is 274 g/mol. The molecule has 0 spiro atoms. The first-order valence-corrected chi connectivity index (χ1v) is 6.04. The zero-order valence-electron chi connectivity index (χ0n) is 10.9. The van der Waals surface area contributed by atoms with Gasteiger partial charge in [0.15, 0.2) is 6.04 Å². The van der Waals surface area contributed by atoms with Crippen molar-refractivity contribution in [2.45, 2.75) is 13.0 Å². The van der Waals surface area contributed by atoms with Crippen LogP contribution in [-0.2, 0) is 9.59 Å². The highest BCUT2D eigenvalue weighted by Crippen LogP contribution is 2.17. The predicted molar refractivity (Wildman–Crippen MR) is 72.5 cm³/mol. The Hall–Kier alpha value is -2.63. The number of aromatic nitrogens is 1. The van der Waals surface area contributed by atoms with E-state index in [1.165, 1.54) is 13.1 Å². The molecule has 1 unspecified atom stereocenters. The third-order valence-electron chi connectivity index (χ3n) is 2.66. The molecule has 0 aliphatic rings. The number of carboxylic acids is 1. The van der Waals surface area contributed by atoms with Gasteiger partial charge in [-0.1, -0.05) is 18.2 Å². The van der Waals surface area contributed by atoms with Crippen molar-refractivity contribution in [1.82, 2.24) is 10.3 Å². The molecule has 6 nitrogen and oxygen atoms in total. The Morgan fingerprint density at radius 3 is 2.85 bits per heavy atom. The number of amides is 1. The molecule has 2 rings (SSSR count). The number of aliphatic carboxylic acids is 1. The minimum absolute atomic E-state index is 0.158. The lowest BCUT2D eigenvalue weighted by atomic mass is 10.2. The van der Waals surface area contributed by atoms with Gasteiger partial charge in [0.1, 0.15) is 12.4 Å². The monoisotopic (exact) mass is 274 g/mol. The molecule has 0 aliphatic heterocycles. The van der Waals surface area contributed by atoms with E-state index in [0.29, 0.717) is 5.75 Å². The average Bonchev–Trinajstić information content (AvgIpc) is 2.42. The number of pyridine rings is 1. The quantitative estimate of drug-likeness (QED) is 0.855. The Labute approximate surface area is 115 Å². The Bertz CT molecular complexity index is 642. The molecule has 0 fully saturated rings. The van der Waals surface area contributed by atoms with Crippen molar-refractivity contribution in [1.29, 1.82) is 0 Å². The molecule has 1 aromatic carbocycles. The molecule has 0 saturated heterocycles. The topological polar surface area (TPSA) is 88.5 Å². The van der Waals surface area contributed by atoms with E-state index in [9.17, 15) is 9.59 Å². The maximum atomic E-state index is 11.0. The van der Waals surface area contributed by atoms with Crippen molar-refractivity contribution in [3.63, 3.8) is 0 Å². The van der Waals surface area contributed by atoms with Crippen molar-refractivity contribution in [3.8, 4) is 5.75 Å². The highest BCUT2D eigenvalue weighted by atomic mass is 16.5. The van der Waals surface area contributed by atoms with Crippen LogP contribution in [0.4, 0.5) is 0 Å². The number of nitrogens with one attached hydrogen (secondary N) is 1. The summed E-state index contributed by atoms with van der Waals surface area (Å²) in [6.45, 7) is 1.10. The second-order valence-electron chi connectivity index (χ2n) is 4.27. The summed E-state index contributed by atoms with van der Waals surface area (Å²) in [5.74, 6) is -1.10. The van der Waals surface area contributed by atoms with Crippen molar-refractivity contribution in [2.75, 3.05) is 6.61 Å². The first-order valence-electron chi connectivity index (χ1n) is 6.04. The molecular formula is C14H14N2O4. The molecule has 0 bridgehead atoms. The van der Waals surface area contributed by atoms with Gasteiger partial charge < -0.3 is 15.2 Å². The first kappa shape index (κ1) is 13.8. The van der Waals surface area contributed by atoms with Gasteiger partial charge in [-0.15, -0.1) is 0 Å². The van der Waals surface area contributed by atoms with E-state index in [0.717, 1.165) is 10.9 Å². The lowest BCUT2D eigenvalue weighted by Gasteiger charge is -2.14. The van der Waals surface area contributed by atoms with Crippen molar-refractivity contribution >= 4 is 22.8 Å². The Kier molecular flexibility index (Phi) is 4.14. The molecule has 2 aromatic rings. The molecule has 1 heterocycles. The second kappa shape index (κ2) is 6.01.